The Labute approximate surface area is 279 Å². The summed E-state index contributed by atoms with van der Waals surface area (Å²) in [6, 6.07) is 16.3. The fraction of sp³-hybridized carbons (Fsp3) is 0.615. The molecule has 0 spiro atoms. The third-order valence-electron chi connectivity index (χ3n) is 9.71. The lowest BCUT2D eigenvalue weighted by Crippen LogP contribution is -2.47. The molecule has 5 nitrogen and oxygen atoms in total. The quantitative estimate of drug-likeness (QED) is 0.225. The minimum atomic E-state index is -4.33. The number of esters is 1. The number of hydrogen-bond acceptors (Lipinski definition) is 5. The molecule has 2 aromatic rings. The van der Waals surface area contributed by atoms with Crippen LogP contribution in [0.2, 0.25) is 0 Å². The van der Waals surface area contributed by atoms with E-state index in [4.69, 9.17) is 14.2 Å². The molecule has 1 saturated heterocycles. The summed E-state index contributed by atoms with van der Waals surface area (Å²) in [5, 5.41) is 0. The maximum Gasteiger partial charge on any atom is 0.395 e. The van der Waals surface area contributed by atoms with Crippen molar-refractivity contribution >= 4 is 11.5 Å². The number of nitrogens with zero attached hydrogens (tertiary/aromatic N) is 1. The number of halogens is 3. The van der Waals surface area contributed by atoms with Crippen molar-refractivity contribution in [2.75, 3.05) is 26.8 Å². The van der Waals surface area contributed by atoms with Gasteiger partial charge in [0.2, 0.25) is 0 Å². The zero-order chi connectivity index (χ0) is 34.7. The fourth-order valence-electron chi connectivity index (χ4n) is 7.04. The SMILES string of the molecule is COc1ccc([C@]2(CCN(Cc3ccc(C4=CC[C@H](C(=O)OC(C)(C)C)CC4)cc3)CC(C)(C)C(F)(F)F)CCOC(C)(C)C2)cc1. The standard InChI is InChI=1S/C39H54F3NO4/c1-35(2,3)47-34(44)31-15-13-30(14-16-31)29-11-9-28(10-12-29)25-43(27-36(4,5)39(40,41)42)23-21-38(22-24-46-37(6,7)26-38)32-17-19-33(45-8)20-18-32/h9-13,17-20,31H,14-16,21-27H2,1-8H3/t31-,38+/m0/s1. The Morgan fingerprint density at radius 1 is 1.00 bits per heavy atom. The molecule has 1 aliphatic heterocycles. The lowest BCUT2D eigenvalue weighted by molar-refractivity contribution is -0.217. The zero-order valence-corrected chi connectivity index (χ0v) is 29.6. The van der Waals surface area contributed by atoms with E-state index in [-0.39, 0.29) is 29.4 Å². The predicted octanol–water partition coefficient (Wildman–Crippen LogP) is 9.53. The van der Waals surface area contributed by atoms with E-state index >= 15 is 0 Å². The number of ether oxygens (including phenoxy) is 3. The van der Waals surface area contributed by atoms with Gasteiger partial charge in [-0.05, 0) is 128 Å². The van der Waals surface area contributed by atoms with E-state index in [1.165, 1.54) is 25.0 Å². The third-order valence-corrected chi connectivity index (χ3v) is 9.71. The molecule has 8 heteroatoms. The number of methoxy groups -OCH3 is 1. The van der Waals surface area contributed by atoms with Gasteiger partial charge in [0.25, 0.3) is 0 Å². The lowest BCUT2D eigenvalue weighted by Gasteiger charge is -2.46. The lowest BCUT2D eigenvalue weighted by atomic mass is 9.67. The molecule has 0 unspecified atom stereocenters. The summed E-state index contributed by atoms with van der Waals surface area (Å²) in [4.78, 5) is 14.5. The Bertz CT molecular complexity index is 1370. The van der Waals surface area contributed by atoms with Crippen molar-refractivity contribution in [3.63, 3.8) is 0 Å². The number of alkyl halides is 3. The molecule has 0 N–H and O–H groups in total. The van der Waals surface area contributed by atoms with Crippen molar-refractivity contribution < 1.29 is 32.2 Å². The van der Waals surface area contributed by atoms with Crippen LogP contribution in [0, 0.1) is 11.3 Å². The van der Waals surface area contributed by atoms with E-state index in [0.717, 1.165) is 42.6 Å². The van der Waals surface area contributed by atoms with Crippen LogP contribution in [0.3, 0.4) is 0 Å². The van der Waals surface area contributed by atoms with Crippen LogP contribution >= 0.6 is 0 Å². The first-order valence-corrected chi connectivity index (χ1v) is 16.9. The molecule has 0 radical (unpaired) electrons. The second kappa shape index (κ2) is 14.3. The maximum absolute atomic E-state index is 14.2. The number of benzene rings is 2. The van der Waals surface area contributed by atoms with Crippen LogP contribution in [-0.4, -0.2) is 55.1 Å². The number of carbonyl (C=O) groups is 1. The van der Waals surface area contributed by atoms with Gasteiger partial charge >= 0.3 is 12.1 Å². The van der Waals surface area contributed by atoms with Crippen LogP contribution in [0.5, 0.6) is 5.75 Å². The summed E-state index contributed by atoms with van der Waals surface area (Å²) < 4.78 is 59.6. The van der Waals surface area contributed by atoms with Crippen molar-refractivity contribution in [3.05, 3.63) is 71.3 Å². The number of rotatable bonds is 11. The number of hydrogen-bond donors (Lipinski definition) is 0. The van der Waals surface area contributed by atoms with E-state index in [1.54, 1.807) is 7.11 Å². The van der Waals surface area contributed by atoms with Gasteiger partial charge in [-0.1, -0.05) is 42.5 Å². The second-order valence-corrected chi connectivity index (χ2v) is 15.8. The molecule has 2 aliphatic rings. The first-order chi connectivity index (χ1) is 21.8. The van der Waals surface area contributed by atoms with E-state index in [0.29, 0.717) is 32.5 Å². The van der Waals surface area contributed by atoms with Gasteiger partial charge in [-0.3, -0.25) is 9.69 Å². The van der Waals surface area contributed by atoms with Crippen LogP contribution in [-0.2, 0) is 26.2 Å². The summed E-state index contributed by atoms with van der Waals surface area (Å²) in [7, 11) is 1.64. The van der Waals surface area contributed by atoms with Gasteiger partial charge in [-0.2, -0.15) is 13.2 Å². The van der Waals surface area contributed by atoms with Crippen molar-refractivity contribution in [2.45, 2.75) is 116 Å². The molecule has 0 bridgehead atoms. The van der Waals surface area contributed by atoms with E-state index in [1.807, 2.05) is 49.9 Å². The van der Waals surface area contributed by atoms with E-state index in [2.05, 4.69) is 44.2 Å². The minimum absolute atomic E-state index is 0.103. The molecular formula is C39H54F3NO4. The Hall–Kier alpha value is -2.84. The molecule has 47 heavy (non-hydrogen) atoms. The van der Waals surface area contributed by atoms with E-state index in [9.17, 15) is 18.0 Å². The molecule has 0 aromatic heterocycles. The molecule has 2 aromatic carbocycles. The molecule has 1 fully saturated rings. The van der Waals surface area contributed by atoms with Crippen LogP contribution in [0.25, 0.3) is 5.57 Å². The van der Waals surface area contributed by atoms with Gasteiger partial charge in [0.1, 0.15) is 11.4 Å². The predicted molar refractivity (Wildman–Crippen MR) is 181 cm³/mol. The summed E-state index contributed by atoms with van der Waals surface area (Å²) in [5.74, 6) is 0.493. The molecule has 1 heterocycles. The smallest absolute Gasteiger partial charge is 0.395 e. The fourth-order valence-corrected chi connectivity index (χ4v) is 7.04. The van der Waals surface area contributed by atoms with Crippen LogP contribution in [0.1, 0.15) is 104 Å². The van der Waals surface area contributed by atoms with Gasteiger partial charge in [0.15, 0.2) is 0 Å². The monoisotopic (exact) mass is 657 g/mol. The van der Waals surface area contributed by atoms with Crippen LogP contribution in [0.15, 0.2) is 54.6 Å². The Morgan fingerprint density at radius 3 is 2.19 bits per heavy atom. The molecule has 2 atom stereocenters. The highest BCUT2D eigenvalue weighted by Gasteiger charge is 2.48. The molecular weight excluding hydrogens is 603 g/mol. The Balaban J connectivity index is 1.52. The first kappa shape index (κ1) is 37.0. The zero-order valence-electron chi connectivity index (χ0n) is 29.6. The summed E-state index contributed by atoms with van der Waals surface area (Å²) >= 11 is 0. The molecule has 0 saturated carbocycles. The Morgan fingerprint density at radius 2 is 1.66 bits per heavy atom. The maximum atomic E-state index is 14.2. The summed E-state index contributed by atoms with van der Waals surface area (Å²) in [5.41, 5.74) is 1.47. The average molecular weight is 658 g/mol. The molecule has 0 amide bonds. The van der Waals surface area contributed by atoms with Gasteiger partial charge in [0.05, 0.1) is 24.0 Å². The summed E-state index contributed by atoms with van der Waals surface area (Å²) in [6.07, 6.45) is 2.25. The highest BCUT2D eigenvalue weighted by molar-refractivity contribution is 5.76. The Kier molecular flexibility index (Phi) is 11.3. The highest BCUT2D eigenvalue weighted by Crippen LogP contribution is 2.45. The van der Waals surface area contributed by atoms with Gasteiger partial charge in [0, 0.05) is 25.1 Å². The van der Waals surface area contributed by atoms with Crippen molar-refractivity contribution in [2.24, 2.45) is 11.3 Å². The van der Waals surface area contributed by atoms with Crippen LogP contribution in [0.4, 0.5) is 13.2 Å². The molecule has 1 aliphatic carbocycles. The van der Waals surface area contributed by atoms with Crippen molar-refractivity contribution in [1.29, 1.82) is 0 Å². The molecule has 4 rings (SSSR count). The van der Waals surface area contributed by atoms with Crippen molar-refractivity contribution in [3.8, 4) is 5.75 Å². The number of allylic oxidation sites excluding steroid dienone is 2. The third kappa shape index (κ3) is 9.85. The van der Waals surface area contributed by atoms with Crippen LogP contribution < -0.4 is 4.74 Å². The molecule has 260 valence electrons. The van der Waals surface area contributed by atoms with Crippen molar-refractivity contribution in [1.82, 2.24) is 4.90 Å². The first-order valence-electron chi connectivity index (χ1n) is 16.9. The van der Waals surface area contributed by atoms with Gasteiger partial charge in [-0.25, -0.2) is 0 Å². The minimum Gasteiger partial charge on any atom is -0.497 e. The summed E-state index contributed by atoms with van der Waals surface area (Å²) in [6.45, 7) is 13.8. The highest BCUT2D eigenvalue weighted by atomic mass is 19.4. The second-order valence-electron chi connectivity index (χ2n) is 15.8. The normalized spacial score (nSPS) is 22.1. The number of carbonyl (C=O) groups excluding carboxylic acids is 1. The topological polar surface area (TPSA) is 48.0 Å². The van der Waals surface area contributed by atoms with Gasteiger partial charge in [-0.15, -0.1) is 0 Å². The van der Waals surface area contributed by atoms with E-state index < -0.39 is 17.2 Å². The largest absolute Gasteiger partial charge is 0.497 e. The average Bonchev–Trinajstić information content (AvgIpc) is 2.98. The van der Waals surface area contributed by atoms with Gasteiger partial charge < -0.3 is 14.2 Å².